The van der Waals surface area contributed by atoms with E-state index in [2.05, 4.69) is 22.4 Å². The molecule has 1 aromatic heterocycles. The fourth-order valence-electron chi connectivity index (χ4n) is 5.36. The molecule has 1 N–H and O–H groups in total. The molecule has 9 nitrogen and oxygen atoms in total. The number of sulfonamides is 1. The van der Waals surface area contributed by atoms with Crippen LogP contribution >= 0.6 is 11.8 Å². The maximum Gasteiger partial charge on any atom is 0.243 e. The molecule has 2 fully saturated rings. The molecule has 1 saturated carbocycles. The molecule has 11 heteroatoms. The molecule has 1 aliphatic heterocycles. The van der Waals surface area contributed by atoms with Gasteiger partial charge in [0.2, 0.25) is 15.9 Å². The summed E-state index contributed by atoms with van der Waals surface area (Å²) in [6.45, 7) is 3.49. The lowest BCUT2D eigenvalue weighted by atomic mass is 10.1. The van der Waals surface area contributed by atoms with E-state index in [1.807, 2.05) is 41.0 Å². The van der Waals surface area contributed by atoms with Crippen LogP contribution in [-0.2, 0) is 19.6 Å². The van der Waals surface area contributed by atoms with Gasteiger partial charge in [-0.1, -0.05) is 79.9 Å². The highest BCUT2D eigenvalue weighted by molar-refractivity contribution is 7.99. The summed E-state index contributed by atoms with van der Waals surface area (Å²) < 4.78 is 35.5. The average molecular weight is 584 g/mol. The zero-order valence-electron chi connectivity index (χ0n) is 22.9. The van der Waals surface area contributed by atoms with Crippen LogP contribution in [-0.4, -0.2) is 71.5 Å². The molecule has 0 radical (unpaired) electrons. The predicted octanol–water partition coefficient (Wildman–Crippen LogP) is 4.51. The number of thioether (sulfide) groups is 1. The van der Waals surface area contributed by atoms with Crippen molar-refractivity contribution >= 4 is 27.7 Å². The molecule has 2 aromatic carbocycles. The maximum absolute atomic E-state index is 13.4. The first-order valence-electron chi connectivity index (χ1n) is 14.0. The van der Waals surface area contributed by atoms with Gasteiger partial charge in [-0.05, 0) is 37.5 Å². The monoisotopic (exact) mass is 583 g/mol. The van der Waals surface area contributed by atoms with Crippen LogP contribution in [0.4, 0.5) is 0 Å². The molecule has 1 saturated heterocycles. The van der Waals surface area contributed by atoms with Gasteiger partial charge in [0.15, 0.2) is 11.0 Å². The normalized spacial score (nSPS) is 18.2. The number of morpholine rings is 1. The number of aromatic nitrogens is 3. The van der Waals surface area contributed by atoms with Crippen molar-refractivity contribution in [2.45, 2.75) is 67.6 Å². The second-order valence-electron chi connectivity index (χ2n) is 10.4. The van der Waals surface area contributed by atoms with Crippen molar-refractivity contribution in [3.05, 3.63) is 60.2 Å². The van der Waals surface area contributed by atoms with Gasteiger partial charge in [-0.2, -0.15) is 4.31 Å². The van der Waals surface area contributed by atoms with Crippen LogP contribution in [0.3, 0.4) is 0 Å². The van der Waals surface area contributed by atoms with E-state index in [1.54, 1.807) is 18.2 Å². The van der Waals surface area contributed by atoms with Gasteiger partial charge in [-0.3, -0.25) is 9.36 Å². The molecule has 214 valence electrons. The number of hydrogen-bond acceptors (Lipinski definition) is 7. The molecular formula is C29H37N5O4S2. The summed E-state index contributed by atoms with van der Waals surface area (Å²) in [6, 6.07) is 17.0. The van der Waals surface area contributed by atoms with E-state index in [1.165, 1.54) is 28.9 Å². The second-order valence-corrected chi connectivity index (χ2v) is 13.2. The Labute approximate surface area is 240 Å². The highest BCUT2D eigenvalue weighted by Gasteiger charge is 2.28. The number of nitrogens with zero attached hydrogens (tertiary/aromatic N) is 4. The van der Waals surface area contributed by atoms with Gasteiger partial charge in [-0.25, -0.2) is 8.42 Å². The van der Waals surface area contributed by atoms with Gasteiger partial charge in [-0.15, -0.1) is 10.2 Å². The molecule has 2 heterocycles. The molecule has 0 spiro atoms. The van der Waals surface area contributed by atoms with Gasteiger partial charge < -0.3 is 10.1 Å². The minimum absolute atomic E-state index is 0.000957. The number of benzene rings is 2. The Bertz CT molecular complexity index is 1380. The SMILES string of the molecule is C[C@H](c1ccccc1)n1c(SCC(=O)NC2CCCCCC2)nnc1-c1cccc(S(=O)(=O)N2CCOCC2)c1. The van der Waals surface area contributed by atoms with Crippen LogP contribution < -0.4 is 5.32 Å². The summed E-state index contributed by atoms with van der Waals surface area (Å²) in [5, 5.41) is 12.8. The molecule has 2 aliphatic rings. The lowest BCUT2D eigenvalue weighted by molar-refractivity contribution is -0.119. The van der Waals surface area contributed by atoms with Gasteiger partial charge >= 0.3 is 0 Å². The number of amides is 1. The van der Waals surface area contributed by atoms with E-state index in [0.717, 1.165) is 31.2 Å². The van der Waals surface area contributed by atoms with Gasteiger partial charge in [0.1, 0.15) is 0 Å². The van der Waals surface area contributed by atoms with Crippen molar-refractivity contribution in [2.75, 3.05) is 32.1 Å². The van der Waals surface area contributed by atoms with Gasteiger partial charge in [0.25, 0.3) is 0 Å². The third kappa shape index (κ3) is 6.76. The number of nitrogens with one attached hydrogen (secondary N) is 1. The van der Waals surface area contributed by atoms with Crippen LogP contribution in [0.15, 0.2) is 64.6 Å². The summed E-state index contributed by atoms with van der Waals surface area (Å²) in [5.74, 6) is 0.794. The number of ether oxygens (including phenoxy) is 1. The predicted molar refractivity (Wildman–Crippen MR) is 156 cm³/mol. The van der Waals surface area contributed by atoms with Crippen molar-refractivity contribution in [3.63, 3.8) is 0 Å². The van der Waals surface area contributed by atoms with E-state index in [0.29, 0.717) is 42.8 Å². The molecule has 5 rings (SSSR count). The number of carbonyl (C=O) groups excluding carboxylic acids is 1. The second kappa shape index (κ2) is 13.3. The Morgan fingerprint density at radius 3 is 2.48 bits per heavy atom. The fraction of sp³-hybridized carbons (Fsp3) is 0.483. The third-order valence-electron chi connectivity index (χ3n) is 7.59. The lowest BCUT2D eigenvalue weighted by Crippen LogP contribution is -2.40. The highest BCUT2D eigenvalue weighted by Crippen LogP contribution is 2.32. The van der Waals surface area contributed by atoms with Crippen molar-refractivity contribution in [1.29, 1.82) is 0 Å². The molecule has 1 aliphatic carbocycles. The van der Waals surface area contributed by atoms with Crippen LogP contribution in [0.1, 0.15) is 57.1 Å². The van der Waals surface area contributed by atoms with E-state index in [-0.39, 0.29) is 28.6 Å². The standard InChI is InChI=1S/C29H37N5O4S2/c1-22(23-10-5-4-6-11-23)34-28(24-12-9-15-26(20-24)40(36,37)33-16-18-38-19-17-33)31-32-29(34)39-21-27(35)30-25-13-7-2-3-8-14-25/h4-6,9-12,15,20,22,25H,2-3,7-8,13-14,16-19,21H2,1H3,(H,30,35)/t22-/m1/s1. The number of carbonyl (C=O) groups is 1. The molecular weight excluding hydrogens is 546 g/mol. The number of rotatable bonds is 9. The molecule has 1 atom stereocenters. The Balaban J connectivity index is 1.42. The topological polar surface area (TPSA) is 106 Å². The van der Waals surface area contributed by atoms with Crippen molar-refractivity contribution in [3.8, 4) is 11.4 Å². The Hall–Kier alpha value is -2.73. The minimum Gasteiger partial charge on any atom is -0.379 e. The van der Waals surface area contributed by atoms with Crippen molar-refractivity contribution in [2.24, 2.45) is 0 Å². The van der Waals surface area contributed by atoms with Crippen molar-refractivity contribution in [1.82, 2.24) is 24.4 Å². The maximum atomic E-state index is 13.4. The van der Waals surface area contributed by atoms with Crippen LogP contribution in [0, 0.1) is 0 Å². The van der Waals surface area contributed by atoms with E-state index >= 15 is 0 Å². The summed E-state index contributed by atoms with van der Waals surface area (Å²) in [7, 11) is -3.67. The fourth-order valence-corrected chi connectivity index (χ4v) is 7.64. The Morgan fingerprint density at radius 1 is 1.02 bits per heavy atom. The molecule has 0 bridgehead atoms. The molecule has 3 aromatic rings. The van der Waals surface area contributed by atoms with E-state index in [4.69, 9.17) is 4.74 Å². The summed E-state index contributed by atoms with van der Waals surface area (Å²) in [6.07, 6.45) is 6.85. The quantitative estimate of drug-likeness (QED) is 0.292. The first-order chi connectivity index (χ1) is 19.4. The van der Waals surface area contributed by atoms with Gasteiger partial charge in [0.05, 0.1) is 29.9 Å². The highest BCUT2D eigenvalue weighted by atomic mass is 32.2. The first kappa shape index (κ1) is 28.8. The molecule has 40 heavy (non-hydrogen) atoms. The third-order valence-corrected chi connectivity index (χ3v) is 10.4. The molecule has 0 unspecified atom stereocenters. The average Bonchev–Trinajstić information content (AvgIpc) is 3.25. The summed E-state index contributed by atoms with van der Waals surface area (Å²) in [4.78, 5) is 13.1. The minimum atomic E-state index is -3.67. The first-order valence-corrected chi connectivity index (χ1v) is 16.5. The van der Waals surface area contributed by atoms with Crippen LogP contribution in [0.2, 0.25) is 0 Å². The smallest absolute Gasteiger partial charge is 0.243 e. The van der Waals surface area contributed by atoms with Gasteiger partial charge in [0, 0.05) is 24.7 Å². The summed E-state index contributed by atoms with van der Waals surface area (Å²) in [5.41, 5.74) is 1.71. The number of hydrogen-bond donors (Lipinski definition) is 1. The summed E-state index contributed by atoms with van der Waals surface area (Å²) >= 11 is 1.36. The van der Waals surface area contributed by atoms with E-state index < -0.39 is 10.0 Å². The van der Waals surface area contributed by atoms with Crippen LogP contribution in [0.25, 0.3) is 11.4 Å². The Morgan fingerprint density at radius 2 is 1.75 bits per heavy atom. The van der Waals surface area contributed by atoms with E-state index in [9.17, 15) is 13.2 Å². The zero-order chi connectivity index (χ0) is 28.0. The largest absolute Gasteiger partial charge is 0.379 e. The van der Waals surface area contributed by atoms with Crippen LogP contribution in [0.5, 0.6) is 0 Å². The zero-order valence-corrected chi connectivity index (χ0v) is 24.5. The molecule has 1 amide bonds. The Kier molecular flexibility index (Phi) is 9.56. The van der Waals surface area contributed by atoms with Crippen molar-refractivity contribution < 1.29 is 17.9 Å². The lowest BCUT2D eigenvalue weighted by Gasteiger charge is -2.26.